The Kier molecular flexibility index (Phi) is 3.72. The summed E-state index contributed by atoms with van der Waals surface area (Å²) in [7, 11) is 0. The van der Waals surface area contributed by atoms with Crippen molar-refractivity contribution in [1.29, 1.82) is 0 Å². The van der Waals surface area contributed by atoms with Crippen molar-refractivity contribution in [2.24, 2.45) is 5.92 Å². The highest BCUT2D eigenvalue weighted by atomic mass is 16.6. The summed E-state index contributed by atoms with van der Waals surface area (Å²) in [5.41, 5.74) is -0.581. The summed E-state index contributed by atoms with van der Waals surface area (Å²) in [6, 6.07) is 0. The molecule has 2 unspecified atom stereocenters. The predicted octanol–water partition coefficient (Wildman–Crippen LogP) is 1.97. The van der Waals surface area contributed by atoms with Crippen molar-refractivity contribution in [3.05, 3.63) is 0 Å². The standard InChI is InChI=1S/C11H18O4/c1-8(12)15-11(2)6-4-3-5-9(11)7-10(13)14/h9H,3-7H2,1-2H3,(H,13,14). The van der Waals surface area contributed by atoms with Crippen molar-refractivity contribution < 1.29 is 19.4 Å². The van der Waals surface area contributed by atoms with Crippen molar-refractivity contribution in [3.8, 4) is 0 Å². The molecule has 0 aromatic carbocycles. The van der Waals surface area contributed by atoms with Gasteiger partial charge in [-0.25, -0.2) is 0 Å². The maximum absolute atomic E-state index is 11.0. The molecule has 0 amide bonds. The number of hydrogen-bond acceptors (Lipinski definition) is 3. The number of ether oxygens (including phenoxy) is 1. The Balaban J connectivity index is 2.71. The Hall–Kier alpha value is -1.06. The van der Waals surface area contributed by atoms with Crippen LogP contribution in [0.25, 0.3) is 0 Å². The van der Waals surface area contributed by atoms with Crippen LogP contribution in [0.1, 0.15) is 46.0 Å². The fraction of sp³-hybridized carbons (Fsp3) is 0.818. The third-order valence-electron chi connectivity index (χ3n) is 3.14. The maximum Gasteiger partial charge on any atom is 0.303 e. The Morgan fingerprint density at radius 2 is 2.13 bits per heavy atom. The molecule has 0 bridgehead atoms. The molecule has 0 aromatic rings. The quantitative estimate of drug-likeness (QED) is 0.729. The lowest BCUT2D eigenvalue weighted by Crippen LogP contribution is -2.42. The first-order valence-corrected chi connectivity index (χ1v) is 5.35. The molecule has 1 aliphatic carbocycles. The van der Waals surface area contributed by atoms with E-state index < -0.39 is 11.6 Å². The molecule has 1 rings (SSSR count). The lowest BCUT2D eigenvalue weighted by Gasteiger charge is -2.39. The van der Waals surface area contributed by atoms with Crippen LogP contribution in [-0.4, -0.2) is 22.6 Å². The van der Waals surface area contributed by atoms with Crippen molar-refractivity contribution in [3.63, 3.8) is 0 Å². The van der Waals surface area contributed by atoms with Crippen LogP contribution in [0, 0.1) is 5.92 Å². The summed E-state index contributed by atoms with van der Waals surface area (Å²) >= 11 is 0. The van der Waals surface area contributed by atoms with Gasteiger partial charge in [0.05, 0.1) is 6.42 Å². The topological polar surface area (TPSA) is 63.6 Å². The summed E-state index contributed by atoms with van der Waals surface area (Å²) in [6.45, 7) is 3.22. The number of carboxylic acids is 1. The predicted molar refractivity (Wildman–Crippen MR) is 54.4 cm³/mol. The van der Waals surface area contributed by atoms with Gasteiger partial charge in [0.2, 0.25) is 0 Å². The van der Waals surface area contributed by atoms with Gasteiger partial charge in [-0.1, -0.05) is 6.42 Å². The minimum atomic E-state index is -0.819. The van der Waals surface area contributed by atoms with Gasteiger partial charge in [0.15, 0.2) is 0 Å². The van der Waals surface area contributed by atoms with Gasteiger partial charge in [-0.3, -0.25) is 9.59 Å². The first-order valence-electron chi connectivity index (χ1n) is 5.35. The van der Waals surface area contributed by atoms with Gasteiger partial charge in [0, 0.05) is 12.8 Å². The van der Waals surface area contributed by atoms with Gasteiger partial charge < -0.3 is 9.84 Å². The monoisotopic (exact) mass is 214 g/mol. The van der Waals surface area contributed by atoms with E-state index in [1.165, 1.54) is 6.92 Å². The van der Waals surface area contributed by atoms with E-state index in [0.29, 0.717) is 0 Å². The zero-order valence-electron chi connectivity index (χ0n) is 9.28. The number of aliphatic carboxylic acids is 1. The summed E-state index contributed by atoms with van der Waals surface area (Å²) < 4.78 is 5.29. The second-order valence-corrected chi connectivity index (χ2v) is 4.45. The average molecular weight is 214 g/mol. The Morgan fingerprint density at radius 3 is 2.67 bits per heavy atom. The molecule has 2 atom stereocenters. The summed E-state index contributed by atoms with van der Waals surface area (Å²) in [4.78, 5) is 21.7. The molecule has 0 radical (unpaired) electrons. The minimum Gasteiger partial charge on any atom is -0.481 e. The van der Waals surface area contributed by atoms with Crippen molar-refractivity contribution in [1.82, 2.24) is 0 Å². The average Bonchev–Trinajstić information content (AvgIpc) is 2.07. The van der Waals surface area contributed by atoms with E-state index >= 15 is 0 Å². The van der Waals surface area contributed by atoms with Crippen LogP contribution in [0.4, 0.5) is 0 Å². The van der Waals surface area contributed by atoms with Crippen LogP contribution < -0.4 is 0 Å². The van der Waals surface area contributed by atoms with E-state index in [1.807, 2.05) is 6.92 Å². The van der Waals surface area contributed by atoms with E-state index in [-0.39, 0.29) is 18.3 Å². The molecule has 15 heavy (non-hydrogen) atoms. The summed E-state index contributed by atoms with van der Waals surface area (Å²) in [5.74, 6) is -1.19. The van der Waals surface area contributed by atoms with Crippen LogP contribution in [0.15, 0.2) is 0 Å². The maximum atomic E-state index is 11.0. The highest BCUT2D eigenvalue weighted by molar-refractivity contribution is 5.68. The fourth-order valence-electron chi connectivity index (χ4n) is 2.37. The van der Waals surface area contributed by atoms with Gasteiger partial charge in [-0.15, -0.1) is 0 Å². The largest absolute Gasteiger partial charge is 0.481 e. The third kappa shape index (κ3) is 3.22. The molecule has 4 heteroatoms. The molecular formula is C11H18O4. The highest BCUT2D eigenvalue weighted by Crippen LogP contribution is 2.38. The van der Waals surface area contributed by atoms with Gasteiger partial charge in [0.25, 0.3) is 0 Å². The first kappa shape index (κ1) is 12.0. The van der Waals surface area contributed by atoms with Crippen molar-refractivity contribution in [2.45, 2.75) is 51.6 Å². The number of rotatable bonds is 3. The first-order chi connectivity index (χ1) is 6.94. The summed E-state index contributed by atoms with van der Waals surface area (Å²) in [5, 5.41) is 8.79. The van der Waals surface area contributed by atoms with Crippen molar-refractivity contribution >= 4 is 11.9 Å². The zero-order valence-corrected chi connectivity index (χ0v) is 9.28. The molecule has 1 fully saturated rings. The van der Waals surface area contributed by atoms with E-state index in [9.17, 15) is 9.59 Å². The molecule has 4 nitrogen and oxygen atoms in total. The molecule has 0 aliphatic heterocycles. The van der Waals surface area contributed by atoms with Crippen LogP contribution in [0.2, 0.25) is 0 Å². The van der Waals surface area contributed by atoms with Crippen LogP contribution >= 0.6 is 0 Å². The molecule has 1 aliphatic rings. The Morgan fingerprint density at radius 1 is 1.47 bits per heavy atom. The molecule has 0 heterocycles. The van der Waals surface area contributed by atoms with Gasteiger partial charge in [-0.2, -0.15) is 0 Å². The minimum absolute atomic E-state index is 0.0485. The second kappa shape index (κ2) is 4.64. The third-order valence-corrected chi connectivity index (χ3v) is 3.14. The fourth-order valence-corrected chi connectivity index (χ4v) is 2.37. The van der Waals surface area contributed by atoms with E-state index in [4.69, 9.17) is 9.84 Å². The molecule has 1 N–H and O–H groups in total. The van der Waals surface area contributed by atoms with Crippen LogP contribution in [0.3, 0.4) is 0 Å². The Labute approximate surface area is 89.6 Å². The second-order valence-electron chi connectivity index (χ2n) is 4.45. The lowest BCUT2D eigenvalue weighted by molar-refractivity contribution is -0.168. The molecule has 86 valence electrons. The smallest absolute Gasteiger partial charge is 0.303 e. The van der Waals surface area contributed by atoms with Gasteiger partial charge in [-0.05, 0) is 26.2 Å². The SMILES string of the molecule is CC(=O)OC1(C)CCCCC1CC(=O)O. The van der Waals surface area contributed by atoms with Gasteiger partial charge >= 0.3 is 11.9 Å². The van der Waals surface area contributed by atoms with E-state index in [1.54, 1.807) is 0 Å². The Bertz CT molecular complexity index is 261. The number of esters is 1. The van der Waals surface area contributed by atoms with Crippen molar-refractivity contribution in [2.75, 3.05) is 0 Å². The number of carbonyl (C=O) groups excluding carboxylic acids is 1. The normalized spacial score (nSPS) is 30.9. The zero-order chi connectivity index (χ0) is 11.5. The lowest BCUT2D eigenvalue weighted by atomic mass is 9.75. The molecular weight excluding hydrogens is 196 g/mol. The van der Waals surface area contributed by atoms with E-state index in [2.05, 4.69) is 0 Å². The van der Waals surface area contributed by atoms with Gasteiger partial charge in [0.1, 0.15) is 5.60 Å². The molecule has 1 saturated carbocycles. The van der Waals surface area contributed by atoms with Crippen LogP contribution in [0.5, 0.6) is 0 Å². The number of carbonyl (C=O) groups is 2. The molecule has 0 aromatic heterocycles. The molecule has 0 spiro atoms. The number of carboxylic acid groups (broad SMARTS) is 1. The number of hydrogen-bond donors (Lipinski definition) is 1. The van der Waals surface area contributed by atoms with E-state index in [0.717, 1.165) is 25.7 Å². The molecule has 0 saturated heterocycles. The highest BCUT2D eigenvalue weighted by Gasteiger charge is 2.40. The summed E-state index contributed by atoms with van der Waals surface area (Å²) in [6.07, 6.45) is 3.71. The van der Waals surface area contributed by atoms with Crippen LogP contribution in [-0.2, 0) is 14.3 Å².